The number of carbonyl (C=O) groups is 2. The molecule has 0 spiro atoms. The molecule has 2 amide bonds. The number of nitrogens with one attached hydrogen (secondary N) is 2. The summed E-state index contributed by atoms with van der Waals surface area (Å²) in [6, 6.07) is 9.46. The molecule has 2 aromatic rings. The average Bonchev–Trinajstić information content (AvgIpc) is 2.62. The molecule has 0 aliphatic heterocycles. The lowest BCUT2D eigenvalue weighted by Crippen LogP contribution is -2.33. The molecule has 0 aliphatic carbocycles. The number of benzene rings is 2. The molecule has 7 nitrogen and oxygen atoms in total. The van der Waals surface area contributed by atoms with Gasteiger partial charge in [0.1, 0.15) is 5.82 Å². The summed E-state index contributed by atoms with van der Waals surface area (Å²) in [6.45, 7) is 1.33. The number of halogens is 1. The van der Waals surface area contributed by atoms with Gasteiger partial charge in [-0.05, 0) is 48.9 Å². The van der Waals surface area contributed by atoms with Crippen LogP contribution in [0.1, 0.15) is 15.9 Å². The second-order valence-corrected chi connectivity index (χ2v) is 8.16. The number of hydrogen-bond donors (Lipinski definition) is 2. The molecule has 0 unspecified atom stereocenters. The summed E-state index contributed by atoms with van der Waals surface area (Å²) < 4.78 is 38.4. The predicted octanol–water partition coefficient (Wildman–Crippen LogP) is 1.75. The molecule has 2 N–H and O–H groups in total. The Morgan fingerprint density at radius 3 is 2.44 bits per heavy atom. The maximum atomic E-state index is 13.1. The molecule has 0 saturated heterocycles. The molecule has 144 valence electrons. The molecule has 9 heteroatoms. The van der Waals surface area contributed by atoms with Gasteiger partial charge in [-0.1, -0.05) is 6.07 Å². The Balaban J connectivity index is 2.02. The van der Waals surface area contributed by atoms with Gasteiger partial charge < -0.3 is 10.6 Å². The van der Waals surface area contributed by atoms with Crippen LogP contribution < -0.4 is 10.6 Å². The highest BCUT2D eigenvalue weighted by Crippen LogP contribution is 2.16. The highest BCUT2D eigenvalue weighted by molar-refractivity contribution is 7.89. The van der Waals surface area contributed by atoms with Crippen LogP contribution in [0.3, 0.4) is 0 Å². The first-order valence-corrected chi connectivity index (χ1v) is 9.42. The fraction of sp³-hybridized carbons (Fsp3) is 0.222. The van der Waals surface area contributed by atoms with Crippen molar-refractivity contribution in [2.24, 2.45) is 0 Å². The van der Waals surface area contributed by atoms with Gasteiger partial charge in [0.25, 0.3) is 5.91 Å². The monoisotopic (exact) mass is 393 g/mol. The van der Waals surface area contributed by atoms with Crippen molar-refractivity contribution in [3.05, 3.63) is 59.4 Å². The first-order valence-electron chi connectivity index (χ1n) is 7.98. The summed E-state index contributed by atoms with van der Waals surface area (Å²) in [5, 5.41) is 5.00. The second kappa shape index (κ2) is 8.28. The van der Waals surface area contributed by atoms with Gasteiger partial charge in [0.05, 0.1) is 11.4 Å². The molecule has 0 radical (unpaired) electrons. The largest absolute Gasteiger partial charge is 0.343 e. The molecular formula is C18H20FN3O4S. The van der Waals surface area contributed by atoms with E-state index in [4.69, 9.17) is 0 Å². The Morgan fingerprint density at radius 2 is 1.81 bits per heavy atom. The van der Waals surface area contributed by atoms with Crippen molar-refractivity contribution < 1.29 is 22.4 Å². The van der Waals surface area contributed by atoms with Crippen LogP contribution in [-0.2, 0) is 14.8 Å². The third kappa shape index (κ3) is 5.11. The van der Waals surface area contributed by atoms with Gasteiger partial charge in [-0.3, -0.25) is 9.59 Å². The second-order valence-electron chi connectivity index (χ2n) is 6.01. The van der Waals surface area contributed by atoms with E-state index in [0.29, 0.717) is 11.3 Å². The van der Waals surface area contributed by atoms with Gasteiger partial charge in [-0.15, -0.1) is 0 Å². The van der Waals surface area contributed by atoms with Crippen molar-refractivity contribution in [1.29, 1.82) is 0 Å². The zero-order valence-corrected chi connectivity index (χ0v) is 15.9. The first-order chi connectivity index (χ1) is 12.6. The summed E-state index contributed by atoms with van der Waals surface area (Å²) in [7, 11) is -0.884. The third-order valence-electron chi connectivity index (χ3n) is 3.75. The Bertz CT molecular complexity index is 974. The lowest BCUT2D eigenvalue weighted by Gasteiger charge is -2.12. The molecule has 0 bridgehead atoms. The number of rotatable bonds is 6. The topological polar surface area (TPSA) is 95.6 Å². The van der Waals surface area contributed by atoms with Crippen molar-refractivity contribution in [1.82, 2.24) is 9.62 Å². The lowest BCUT2D eigenvalue weighted by molar-refractivity contribution is -0.115. The molecule has 0 aromatic heterocycles. The maximum Gasteiger partial charge on any atom is 0.251 e. The van der Waals surface area contributed by atoms with Crippen LogP contribution in [0.4, 0.5) is 10.1 Å². The highest BCUT2D eigenvalue weighted by atomic mass is 32.2. The Hall–Kier alpha value is -2.78. The fourth-order valence-corrected chi connectivity index (χ4v) is 3.18. The number of anilines is 1. The van der Waals surface area contributed by atoms with E-state index in [2.05, 4.69) is 10.6 Å². The molecule has 0 aliphatic rings. The van der Waals surface area contributed by atoms with Crippen molar-refractivity contribution in [2.45, 2.75) is 11.8 Å². The minimum absolute atomic E-state index is 0.0217. The van der Waals surface area contributed by atoms with Gasteiger partial charge in [-0.2, -0.15) is 0 Å². The first kappa shape index (κ1) is 20.5. The van der Waals surface area contributed by atoms with Crippen LogP contribution in [-0.4, -0.2) is 45.2 Å². The summed E-state index contributed by atoms with van der Waals surface area (Å²) in [5.41, 5.74) is 1.11. The maximum absolute atomic E-state index is 13.1. The quantitative estimate of drug-likeness (QED) is 0.782. The zero-order chi connectivity index (χ0) is 20.2. The number of hydrogen-bond acceptors (Lipinski definition) is 4. The molecule has 2 aromatic carbocycles. The van der Waals surface area contributed by atoms with Gasteiger partial charge in [0.15, 0.2) is 0 Å². The van der Waals surface area contributed by atoms with Crippen molar-refractivity contribution in [2.75, 3.05) is 26.0 Å². The van der Waals surface area contributed by atoms with Gasteiger partial charge in [0, 0.05) is 25.3 Å². The van der Waals surface area contributed by atoms with E-state index < -0.39 is 27.7 Å². The van der Waals surface area contributed by atoms with Gasteiger partial charge >= 0.3 is 0 Å². The van der Waals surface area contributed by atoms with Gasteiger partial charge in [0.2, 0.25) is 15.9 Å². The fourth-order valence-electron chi connectivity index (χ4n) is 2.23. The highest BCUT2D eigenvalue weighted by Gasteiger charge is 2.19. The van der Waals surface area contributed by atoms with Gasteiger partial charge in [-0.25, -0.2) is 17.1 Å². The molecule has 27 heavy (non-hydrogen) atoms. The SMILES string of the molecule is Cc1cc(F)ccc1NC(=O)CNC(=O)c1cccc(S(=O)(=O)N(C)C)c1. The molecule has 2 rings (SSSR count). The summed E-state index contributed by atoms with van der Waals surface area (Å²) in [4.78, 5) is 24.2. The van der Waals surface area contributed by atoms with Crippen LogP contribution in [0.5, 0.6) is 0 Å². The summed E-state index contributed by atoms with van der Waals surface area (Å²) in [6.07, 6.45) is 0. The van der Waals surface area contributed by atoms with Crippen molar-refractivity contribution in [3.63, 3.8) is 0 Å². The van der Waals surface area contributed by atoms with Crippen molar-refractivity contribution in [3.8, 4) is 0 Å². The Labute approximate surface area is 157 Å². The number of amides is 2. The van der Waals surface area contributed by atoms with E-state index in [1.807, 2.05) is 0 Å². The Morgan fingerprint density at radius 1 is 1.11 bits per heavy atom. The van der Waals surface area contributed by atoms with E-state index in [0.717, 1.165) is 4.31 Å². The van der Waals surface area contributed by atoms with Crippen LogP contribution >= 0.6 is 0 Å². The zero-order valence-electron chi connectivity index (χ0n) is 15.1. The number of nitrogens with zero attached hydrogens (tertiary/aromatic N) is 1. The number of carbonyl (C=O) groups excluding carboxylic acids is 2. The van der Waals surface area contributed by atoms with Crippen LogP contribution in [0.15, 0.2) is 47.4 Å². The van der Waals surface area contributed by atoms with Crippen molar-refractivity contribution >= 4 is 27.5 Å². The lowest BCUT2D eigenvalue weighted by atomic mass is 10.2. The van der Waals surface area contributed by atoms with E-state index in [1.54, 1.807) is 6.92 Å². The van der Waals surface area contributed by atoms with Crippen LogP contribution in [0.25, 0.3) is 0 Å². The van der Waals surface area contributed by atoms with E-state index in [-0.39, 0.29) is 17.0 Å². The van der Waals surface area contributed by atoms with E-state index in [1.165, 1.54) is 56.6 Å². The minimum Gasteiger partial charge on any atom is -0.343 e. The summed E-state index contributed by atoms with van der Waals surface area (Å²) in [5.74, 6) is -1.49. The molecule has 0 fully saturated rings. The standard InChI is InChI=1S/C18H20FN3O4S/c1-12-9-14(19)7-8-16(12)21-17(23)11-20-18(24)13-5-4-6-15(10-13)27(25,26)22(2)3/h4-10H,11H2,1-3H3,(H,20,24)(H,21,23). The number of sulfonamides is 1. The normalized spacial score (nSPS) is 11.3. The average molecular weight is 393 g/mol. The van der Waals surface area contributed by atoms with E-state index >= 15 is 0 Å². The third-order valence-corrected chi connectivity index (χ3v) is 5.56. The van der Waals surface area contributed by atoms with E-state index in [9.17, 15) is 22.4 Å². The Kier molecular flexibility index (Phi) is 6.29. The molecule has 0 heterocycles. The molecule has 0 atom stereocenters. The predicted molar refractivity (Wildman–Crippen MR) is 99.4 cm³/mol. The minimum atomic E-state index is -3.67. The molecule has 0 saturated carbocycles. The molecular weight excluding hydrogens is 373 g/mol. The smallest absolute Gasteiger partial charge is 0.251 e. The van der Waals surface area contributed by atoms with Crippen LogP contribution in [0, 0.1) is 12.7 Å². The van der Waals surface area contributed by atoms with Crippen LogP contribution in [0.2, 0.25) is 0 Å². The summed E-state index contributed by atoms with van der Waals surface area (Å²) >= 11 is 0. The number of aryl methyl sites for hydroxylation is 1.